The quantitative estimate of drug-likeness (QED) is 0.541. The van der Waals surface area contributed by atoms with E-state index in [1.807, 2.05) is 0 Å². The Kier molecular flexibility index (Phi) is 1.21. The summed E-state index contributed by atoms with van der Waals surface area (Å²) in [5.41, 5.74) is 0. The highest BCUT2D eigenvalue weighted by Gasteiger charge is 2.09. The number of hydrogen-bond acceptors (Lipinski definition) is 2. The highest BCUT2D eigenvalue weighted by molar-refractivity contribution is 4.67. The summed E-state index contributed by atoms with van der Waals surface area (Å²) in [6.07, 6.45) is 1.72. The average Bonchev–Trinajstić information content (AvgIpc) is 1.85. The van der Waals surface area contributed by atoms with E-state index in [0.29, 0.717) is 6.54 Å². The zero-order chi connectivity index (χ0) is 8.32. The summed E-state index contributed by atoms with van der Waals surface area (Å²) in [4.78, 5) is 0. The smallest absolute Gasteiger partial charge is 0.0696 e. The van der Waals surface area contributed by atoms with Gasteiger partial charge in [0.05, 0.1) is 10.2 Å². The van der Waals surface area contributed by atoms with Crippen LogP contribution in [-0.4, -0.2) is 26.2 Å². The van der Waals surface area contributed by atoms with Crippen LogP contribution in [0.5, 0.6) is 0 Å². The predicted molar refractivity (Wildman–Crippen MR) is 32.9 cm³/mol. The van der Waals surface area contributed by atoms with E-state index in [0.717, 1.165) is 19.4 Å². The zero-order valence-corrected chi connectivity index (χ0v) is 4.81. The van der Waals surface area contributed by atoms with Gasteiger partial charge >= 0.3 is 0 Å². The third-order valence-electron chi connectivity index (χ3n) is 1.42. The van der Waals surface area contributed by atoms with Gasteiger partial charge in [0, 0.05) is 13.6 Å². The molecular formula is C6H13NO. The van der Waals surface area contributed by atoms with E-state index in [1.54, 1.807) is 0 Å². The molecule has 1 atom stereocenters. The molecule has 0 saturated carbocycles. The van der Waals surface area contributed by atoms with Crippen molar-refractivity contribution in [2.45, 2.75) is 18.9 Å². The molecule has 1 aliphatic rings. The number of piperidine rings is 1. The molecule has 1 rings (SSSR count). The fourth-order valence-corrected chi connectivity index (χ4v) is 0.920. The molecule has 0 aliphatic carbocycles. The standard InChI is InChI=1S/C6H13NO/c1-8-6-3-2-4-7-5-6/h6-7H,2-5H2,1H3/t6-/m0/s1/i1T3. The number of hydrogen-bond donors (Lipinski definition) is 1. The molecule has 0 aromatic carbocycles. The van der Waals surface area contributed by atoms with Crippen LogP contribution in [0.3, 0.4) is 0 Å². The van der Waals surface area contributed by atoms with E-state index >= 15 is 0 Å². The molecule has 0 bridgehead atoms. The van der Waals surface area contributed by atoms with Gasteiger partial charge in [0.15, 0.2) is 0 Å². The maximum absolute atomic E-state index is 6.85. The van der Waals surface area contributed by atoms with Gasteiger partial charge in [-0.25, -0.2) is 0 Å². The Hall–Kier alpha value is -0.0800. The first-order chi connectivity index (χ1) is 5.08. The molecule has 0 radical (unpaired) electrons. The SMILES string of the molecule is [3H]C([3H])([3H])O[C@H]1CCCNC1. The van der Waals surface area contributed by atoms with Gasteiger partial charge in [-0.1, -0.05) is 0 Å². The van der Waals surface area contributed by atoms with Gasteiger partial charge in [-0.3, -0.25) is 0 Å². The fraction of sp³-hybridized carbons (Fsp3) is 1.00. The molecule has 1 heterocycles. The summed E-state index contributed by atoms with van der Waals surface area (Å²) in [5.74, 6) is 0. The zero-order valence-electron chi connectivity index (χ0n) is 7.81. The van der Waals surface area contributed by atoms with Crippen molar-refractivity contribution in [2.24, 2.45) is 0 Å². The molecule has 1 N–H and O–H groups in total. The Morgan fingerprint density at radius 1 is 1.88 bits per heavy atom. The topological polar surface area (TPSA) is 21.3 Å². The second kappa shape index (κ2) is 3.05. The highest BCUT2D eigenvalue weighted by atomic mass is 16.5. The van der Waals surface area contributed by atoms with Gasteiger partial charge in [0.2, 0.25) is 0 Å². The molecule has 2 nitrogen and oxygen atoms in total. The van der Waals surface area contributed by atoms with Crippen LogP contribution >= 0.6 is 0 Å². The average molecular weight is 121 g/mol. The van der Waals surface area contributed by atoms with Gasteiger partial charge < -0.3 is 10.1 Å². The molecule has 0 aromatic rings. The molecule has 2 heteroatoms. The first kappa shape index (κ1) is 3.18. The first-order valence-corrected chi connectivity index (χ1v) is 2.96. The maximum atomic E-state index is 6.85. The molecule has 48 valence electrons. The highest BCUT2D eigenvalue weighted by Crippen LogP contribution is 2.03. The summed E-state index contributed by atoms with van der Waals surface area (Å²) in [6, 6.07) is 0. The van der Waals surface area contributed by atoms with Crippen molar-refractivity contribution in [2.75, 3.05) is 20.1 Å². The van der Waals surface area contributed by atoms with E-state index in [4.69, 9.17) is 8.85 Å². The normalized spacial score (nSPS) is 37.5. The van der Waals surface area contributed by atoms with E-state index < -0.39 is 7.04 Å². The van der Waals surface area contributed by atoms with Gasteiger partial charge in [-0.2, -0.15) is 0 Å². The Balaban J connectivity index is 2.24. The molecule has 1 saturated heterocycles. The fourth-order valence-electron chi connectivity index (χ4n) is 0.920. The van der Waals surface area contributed by atoms with Crippen molar-refractivity contribution < 1.29 is 8.85 Å². The van der Waals surface area contributed by atoms with E-state index in [-0.39, 0.29) is 6.10 Å². The lowest BCUT2D eigenvalue weighted by atomic mass is 10.1. The lowest BCUT2D eigenvalue weighted by molar-refractivity contribution is 0.0810. The van der Waals surface area contributed by atoms with Crippen LogP contribution in [0, 0.1) is 0 Å². The number of rotatable bonds is 1. The van der Waals surface area contributed by atoms with Crippen molar-refractivity contribution in [3.63, 3.8) is 0 Å². The summed E-state index contributed by atoms with van der Waals surface area (Å²) < 4.78 is 25.4. The van der Waals surface area contributed by atoms with E-state index in [1.165, 1.54) is 0 Å². The minimum absolute atomic E-state index is 0.128. The molecule has 1 fully saturated rings. The lowest BCUT2D eigenvalue weighted by Crippen LogP contribution is -2.34. The van der Waals surface area contributed by atoms with Crippen LogP contribution < -0.4 is 5.32 Å². The molecule has 0 unspecified atom stereocenters. The maximum Gasteiger partial charge on any atom is 0.0696 e. The number of methoxy groups -OCH3 is 1. The van der Waals surface area contributed by atoms with E-state index in [2.05, 4.69) is 5.32 Å². The summed E-state index contributed by atoms with van der Waals surface area (Å²) >= 11 is 0. The van der Waals surface area contributed by atoms with E-state index in [9.17, 15) is 0 Å². The van der Waals surface area contributed by atoms with Crippen LogP contribution in [0.15, 0.2) is 0 Å². The van der Waals surface area contributed by atoms with Gasteiger partial charge in [-0.15, -0.1) is 0 Å². The second-order valence-electron chi connectivity index (χ2n) is 2.09. The summed E-state index contributed by atoms with van der Waals surface area (Å²) in [7, 11) is -2.23. The Bertz CT molecular complexity index is 119. The largest absolute Gasteiger partial charge is 0.380 e. The monoisotopic (exact) mass is 121 g/mol. The van der Waals surface area contributed by atoms with Gasteiger partial charge in [-0.05, 0) is 19.4 Å². The van der Waals surface area contributed by atoms with Crippen LogP contribution in [0.1, 0.15) is 17.0 Å². The van der Waals surface area contributed by atoms with Crippen LogP contribution in [0.4, 0.5) is 0 Å². The van der Waals surface area contributed by atoms with Crippen molar-refractivity contribution in [3.8, 4) is 0 Å². The van der Waals surface area contributed by atoms with Crippen molar-refractivity contribution in [3.05, 3.63) is 0 Å². The molecule has 8 heavy (non-hydrogen) atoms. The Morgan fingerprint density at radius 3 is 3.50 bits per heavy atom. The predicted octanol–water partition coefficient (Wildman–Crippen LogP) is 0.385. The Labute approximate surface area is 54.4 Å². The molecular weight excluding hydrogens is 102 g/mol. The van der Waals surface area contributed by atoms with Gasteiger partial charge in [0.25, 0.3) is 0 Å². The lowest BCUT2D eigenvalue weighted by Gasteiger charge is -2.20. The van der Waals surface area contributed by atoms with Crippen molar-refractivity contribution >= 4 is 0 Å². The number of ether oxygens (including phenoxy) is 1. The molecule has 0 spiro atoms. The minimum Gasteiger partial charge on any atom is -0.380 e. The third-order valence-corrected chi connectivity index (χ3v) is 1.42. The summed E-state index contributed by atoms with van der Waals surface area (Å²) in [6.45, 7) is 1.64. The van der Waals surface area contributed by atoms with Crippen LogP contribution in [0.2, 0.25) is 0 Å². The number of nitrogens with one attached hydrogen (secondary N) is 1. The molecule has 1 aliphatic heterocycles. The van der Waals surface area contributed by atoms with Crippen LogP contribution in [-0.2, 0) is 4.74 Å². The molecule has 0 aromatic heterocycles. The summed E-state index contributed by atoms with van der Waals surface area (Å²) in [5, 5.41) is 3.08. The molecule has 0 amide bonds. The van der Waals surface area contributed by atoms with Gasteiger partial charge in [0.1, 0.15) is 0 Å². The van der Waals surface area contributed by atoms with Crippen LogP contribution in [0.25, 0.3) is 0 Å². The third kappa shape index (κ3) is 1.46. The minimum atomic E-state index is -2.23. The second-order valence-corrected chi connectivity index (χ2v) is 2.09. The van der Waals surface area contributed by atoms with Crippen molar-refractivity contribution in [1.82, 2.24) is 5.32 Å². The Morgan fingerprint density at radius 2 is 2.88 bits per heavy atom. The van der Waals surface area contributed by atoms with Crippen molar-refractivity contribution in [1.29, 1.82) is 0 Å². The first-order valence-electron chi connectivity index (χ1n) is 4.46.